The van der Waals surface area contributed by atoms with Crippen LogP contribution in [0.3, 0.4) is 0 Å². The van der Waals surface area contributed by atoms with Crippen molar-refractivity contribution in [2.24, 2.45) is 11.8 Å². The summed E-state index contributed by atoms with van der Waals surface area (Å²) in [5.41, 5.74) is 0. The molecule has 0 bridgehead atoms. The predicted octanol–water partition coefficient (Wildman–Crippen LogP) is 4.76. The fraction of sp³-hybridized carbons (Fsp3) is 0.818. The SMILES string of the molecule is CCCCCCCCC(O)/C=C/C=C/C1CCC1C(O)CCCCO. The van der Waals surface area contributed by atoms with Gasteiger partial charge in [-0.15, -0.1) is 0 Å². The van der Waals surface area contributed by atoms with E-state index in [1.165, 1.54) is 32.1 Å². The van der Waals surface area contributed by atoms with Crippen LogP contribution in [0.1, 0.15) is 84.0 Å². The van der Waals surface area contributed by atoms with E-state index in [1.807, 2.05) is 18.2 Å². The summed E-state index contributed by atoms with van der Waals surface area (Å²) in [5, 5.41) is 29.0. The van der Waals surface area contributed by atoms with Crippen molar-refractivity contribution in [3.05, 3.63) is 24.3 Å². The molecule has 0 aromatic heterocycles. The lowest BCUT2D eigenvalue weighted by atomic mass is 9.69. The van der Waals surface area contributed by atoms with Crippen LogP contribution in [0.4, 0.5) is 0 Å². The number of aliphatic hydroxyl groups excluding tert-OH is 3. The predicted molar refractivity (Wildman–Crippen MR) is 105 cm³/mol. The smallest absolute Gasteiger partial charge is 0.0723 e. The maximum atomic E-state index is 10.2. The fourth-order valence-electron chi connectivity index (χ4n) is 3.58. The Hall–Kier alpha value is -0.640. The summed E-state index contributed by atoms with van der Waals surface area (Å²) in [6.07, 6.45) is 20.6. The summed E-state index contributed by atoms with van der Waals surface area (Å²) in [4.78, 5) is 0. The molecule has 146 valence electrons. The maximum Gasteiger partial charge on any atom is 0.0723 e. The number of unbranched alkanes of at least 4 members (excludes halogenated alkanes) is 6. The van der Waals surface area contributed by atoms with E-state index in [1.54, 1.807) is 0 Å². The highest BCUT2D eigenvalue weighted by Crippen LogP contribution is 2.39. The summed E-state index contributed by atoms with van der Waals surface area (Å²) >= 11 is 0. The van der Waals surface area contributed by atoms with Crippen LogP contribution in [0, 0.1) is 11.8 Å². The Bertz CT molecular complexity index is 364. The van der Waals surface area contributed by atoms with Gasteiger partial charge in [-0.25, -0.2) is 0 Å². The summed E-state index contributed by atoms with van der Waals surface area (Å²) in [6.45, 7) is 2.44. The van der Waals surface area contributed by atoms with E-state index in [9.17, 15) is 10.2 Å². The molecule has 1 saturated carbocycles. The molecule has 3 heteroatoms. The average Bonchev–Trinajstić information content (AvgIpc) is 2.57. The van der Waals surface area contributed by atoms with Crippen molar-refractivity contribution in [2.45, 2.75) is 96.2 Å². The molecular formula is C22H40O3. The zero-order chi connectivity index (χ0) is 18.3. The third-order valence-electron chi connectivity index (χ3n) is 5.44. The van der Waals surface area contributed by atoms with Crippen LogP contribution in [0.15, 0.2) is 24.3 Å². The largest absolute Gasteiger partial charge is 0.396 e. The molecule has 0 spiro atoms. The summed E-state index contributed by atoms with van der Waals surface area (Å²) in [6, 6.07) is 0. The van der Waals surface area contributed by atoms with Gasteiger partial charge in [-0.3, -0.25) is 0 Å². The first-order valence-electron chi connectivity index (χ1n) is 10.5. The molecule has 0 heterocycles. The molecule has 4 unspecified atom stereocenters. The second-order valence-electron chi connectivity index (χ2n) is 7.59. The molecule has 1 rings (SSSR count). The van der Waals surface area contributed by atoms with Crippen LogP contribution in [-0.2, 0) is 0 Å². The van der Waals surface area contributed by atoms with Crippen LogP contribution < -0.4 is 0 Å². The monoisotopic (exact) mass is 352 g/mol. The fourth-order valence-corrected chi connectivity index (χ4v) is 3.58. The van der Waals surface area contributed by atoms with Gasteiger partial charge in [0.2, 0.25) is 0 Å². The van der Waals surface area contributed by atoms with Crippen molar-refractivity contribution in [3.8, 4) is 0 Å². The maximum absolute atomic E-state index is 10.2. The van der Waals surface area contributed by atoms with E-state index in [0.717, 1.165) is 44.9 Å². The molecular weight excluding hydrogens is 312 g/mol. The zero-order valence-electron chi connectivity index (χ0n) is 16.2. The molecule has 0 aromatic carbocycles. The van der Waals surface area contributed by atoms with Crippen molar-refractivity contribution in [3.63, 3.8) is 0 Å². The van der Waals surface area contributed by atoms with Gasteiger partial charge in [-0.1, -0.05) is 69.8 Å². The second kappa shape index (κ2) is 14.5. The van der Waals surface area contributed by atoms with Gasteiger partial charge in [0.05, 0.1) is 12.2 Å². The van der Waals surface area contributed by atoms with Gasteiger partial charge in [0.15, 0.2) is 0 Å². The summed E-state index contributed by atoms with van der Waals surface area (Å²) in [5.74, 6) is 0.834. The van der Waals surface area contributed by atoms with Crippen molar-refractivity contribution in [1.29, 1.82) is 0 Å². The lowest BCUT2D eigenvalue weighted by Crippen LogP contribution is -2.34. The minimum Gasteiger partial charge on any atom is -0.396 e. The number of hydrogen-bond donors (Lipinski definition) is 3. The average molecular weight is 353 g/mol. The van der Waals surface area contributed by atoms with E-state index < -0.39 is 0 Å². The molecule has 0 saturated heterocycles. The third-order valence-corrected chi connectivity index (χ3v) is 5.44. The number of hydrogen-bond acceptors (Lipinski definition) is 3. The zero-order valence-corrected chi connectivity index (χ0v) is 16.2. The Morgan fingerprint density at radius 2 is 1.60 bits per heavy atom. The molecule has 1 aliphatic carbocycles. The highest BCUT2D eigenvalue weighted by atomic mass is 16.3. The molecule has 1 aliphatic rings. The third kappa shape index (κ3) is 10.2. The van der Waals surface area contributed by atoms with Crippen molar-refractivity contribution < 1.29 is 15.3 Å². The Morgan fingerprint density at radius 1 is 0.880 bits per heavy atom. The van der Waals surface area contributed by atoms with Crippen molar-refractivity contribution in [1.82, 2.24) is 0 Å². The Labute approximate surface area is 154 Å². The van der Waals surface area contributed by atoms with Gasteiger partial charge < -0.3 is 15.3 Å². The quantitative estimate of drug-likeness (QED) is 0.294. The lowest BCUT2D eigenvalue weighted by molar-refractivity contribution is 0.0241. The molecule has 4 atom stereocenters. The van der Waals surface area contributed by atoms with Gasteiger partial charge in [-0.2, -0.15) is 0 Å². The molecule has 3 nitrogen and oxygen atoms in total. The Morgan fingerprint density at radius 3 is 2.28 bits per heavy atom. The Kier molecular flexibility index (Phi) is 13.0. The highest BCUT2D eigenvalue weighted by molar-refractivity contribution is 5.09. The summed E-state index contributed by atoms with van der Waals surface area (Å²) < 4.78 is 0. The van der Waals surface area contributed by atoms with Crippen LogP contribution in [0.25, 0.3) is 0 Å². The highest BCUT2D eigenvalue weighted by Gasteiger charge is 2.33. The number of aliphatic hydroxyl groups is 3. The minimum atomic E-state index is -0.336. The molecule has 0 aromatic rings. The van der Waals surface area contributed by atoms with Crippen LogP contribution >= 0.6 is 0 Å². The van der Waals surface area contributed by atoms with E-state index in [4.69, 9.17) is 5.11 Å². The van der Waals surface area contributed by atoms with Crippen LogP contribution in [0.2, 0.25) is 0 Å². The topological polar surface area (TPSA) is 60.7 Å². The van der Waals surface area contributed by atoms with E-state index in [2.05, 4.69) is 13.0 Å². The number of rotatable bonds is 15. The normalized spacial score (nSPS) is 23.2. The molecule has 0 amide bonds. The van der Waals surface area contributed by atoms with Crippen LogP contribution in [0.5, 0.6) is 0 Å². The van der Waals surface area contributed by atoms with Gasteiger partial charge in [-0.05, 0) is 50.4 Å². The van der Waals surface area contributed by atoms with Gasteiger partial charge in [0, 0.05) is 6.61 Å². The van der Waals surface area contributed by atoms with E-state index in [0.29, 0.717) is 11.8 Å². The standard InChI is InChI=1S/C22H40O3/c1-2-3-4-5-6-7-13-20(24)14-9-8-12-19-16-17-21(19)22(25)15-10-11-18-23/h8-9,12,14,19-25H,2-7,10-11,13,15-18H2,1H3/b12-8+,14-9+. The van der Waals surface area contributed by atoms with Gasteiger partial charge >= 0.3 is 0 Å². The molecule has 0 aliphatic heterocycles. The number of allylic oxidation sites excluding steroid dienone is 3. The van der Waals surface area contributed by atoms with E-state index in [-0.39, 0.29) is 18.8 Å². The van der Waals surface area contributed by atoms with Crippen LogP contribution in [-0.4, -0.2) is 34.1 Å². The van der Waals surface area contributed by atoms with Gasteiger partial charge in [0.1, 0.15) is 0 Å². The second-order valence-corrected chi connectivity index (χ2v) is 7.59. The van der Waals surface area contributed by atoms with Crippen molar-refractivity contribution >= 4 is 0 Å². The van der Waals surface area contributed by atoms with E-state index >= 15 is 0 Å². The lowest BCUT2D eigenvalue weighted by Gasteiger charge is -2.38. The summed E-state index contributed by atoms with van der Waals surface area (Å²) in [7, 11) is 0. The first-order chi connectivity index (χ1) is 12.2. The molecule has 0 radical (unpaired) electrons. The molecule has 1 fully saturated rings. The van der Waals surface area contributed by atoms with Crippen molar-refractivity contribution in [2.75, 3.05) is 6.61 Å². The molecule has 3 N–H and O–H groups in total. The Balaban J connectivity index is 2.13. The van der Waals surface area contributed by atoms with Gasteiger partial charge in [0.25, 0.3) is 0 Å². The minimum absolute atomic E-state index is 0.215. The first kappa shape index (κ1) is 22.4. The molecule has 25 heavy (non-hydrogen) atoms. The first-order valence-corrected chi connectivity index (χ1v) is 10.5.